The molecule has 0 aliphatic heterocycles. The molecule has 0 fully saturated rings. The third kappa shape index (κ3) is 11.3. The van der Waals surface area contributed by atoms with Crippen LogP contribution in [0.2, 0.25) is 0 Å². The lowest BCUT2D eigenvalue weighted by Crippen LogP contribution is -2.38. The Morgan fingerprint density at radius 2 is 1.75 bits per heavy atom. The zero-order valence-electron chi connectivity index (χ0n) is 11.0. The molecule has 0 aromatic carbocycles. The Hall–Kier alpha value is -1.84. The minimum absolute atomic E-state index is 0.0212. The van der Waals surface area contributed by atoms with Crippen molar-refractivity contribution in [1.29, 1.82) is 0 Å². The predicted octanol–water partition coefficient (Wildman–Crippen LogP) is -1.30. The number of ether oxygens (including phenoxy) is 1. The summed E-state index contributed by atoms with van der Waals surface area (Å²) in [5.41, 5.74) is 5.40. The highest BCUT2D eigenvalue weighted by atomic mass is 19.4. The quantitative estimate of drug-likeness (QED) is 0.609. The molecule has 3 N–H and O–H groups in total. The van der Waals surface area contributed by atoms with E-state index < -0.39 is 24.2 Å². The molecule has 1 atom stereocenters. The highest BCUT2D eigenvalue weighted by molar-refractivity contribution is 5.84. The van der Waals surface area contributed by atoms with Crippen LogP contribution in [0.1, 0.15) is 20.3 Å². The summed E-state index contributed by atoms with van der Waals surface area (Å²) in [5, 5.41) is 11.3. The molecule has 0 aromatic rings. The molecule has 0 aromatic heterocycles. The van der Waals surface area contributed by atoms with Crippen molar-refractivity contribution in [3.05, 3.63) is 0 Å². The fraction of sp³-hybridized carbons (Fsp3) is 0.700. The predicted molar refractivity (Wildman–Crippen MR) is 59.0 cm³/mol. The summed E-state index contributed by atoms with van der Waals surface area (Å²) in [6.45, 7) is 4.31. The van der Waals surface area contributed by atoms with Crippen LogP contribution in [-0.2, 0) is 19.1 Å². The monoisotopic (exact) mass is 301 g/mol. The summed E-state index contributed by atoms with van der Waals surface area (Å²) in [7, 11) is 0. The van der Waals surface area contributed by atoms with Gasteiger partial charge in [0.1, 0.15) is 12.0 Å². The second-order valence-corrected chi connectivity index (χ2v) is 3.30. The zero-order chi connectivity index (χ0) is 16.3. The van der Waals surface area contributed by atoms with Gasteiger partial charge in [-0.25, -0.2) is 0 Å². The summed E-state index contributed by atoms with van der Waals surface area (Å²) in [4.78, 5) is 30.7. The molecule has 7 nitrogen and oxygen atoms in total. The van der Waals surface area contributed by atoms with Crippen LogP contribution in [0, 0.1) is 0 Å². The lowest BCUT2D eigenvalue weighted by Gasteiger charge is -2.09. The Balaban J connectivity index is 0. The van der Waals surface area contributed by atoms with E-state index in [9.17, 15) is 22.8 Å². The van der Waals surface area contributed by atoms with Crippen LogP contribution in [0.5, 0.6) is 0 Å². The van der Waals surface area contributed by atoms with Crippen LogP contribution in [-0.4, -0.2) is 43.2 Å². The molecule has 0 saturated carbocycles. The molecule has 0 rings (SSSR count). The van der Waals surface area contributed by atoms with Crippen LogP contribution in [0.3, 0.4) is 0 Å². The van der Waals surface area contributed by atoms with Gasteiger partial charge in [0.05, 0.1) is 13.0 Å². The average Bonchev–Trinajstić information content (AvgIpc) is 2.28. The van der Waals surface area contributed by atoms with E-state index in [0.29, 0.717) is 6.54 Å². The number of nitrogens with one attached hydrogen (secondary N) is 1. The number of alkyl halides is 3. The zero-order valence-corrected chi connectivity index (χ0v) is 11.0. The first-order valence-electron chi connectivity index (χ1n) is 5.53. The van der Waals surface area contributed by atoms with Crippen LogP contribution < -0.4 is 16.2 Å². The van der Waals surface area contributed by atoms with Crippen LogP contribution in [0.4, 0.5) is 13.2 Å². The van der Waals surface area contributed by atoms with Gasteiger partial charge in [-0.15, -0.1) is 0 Å². The number of hydrogen-bond donors (Lipinski definition) is 2. The maximum atomic E-state index is 11.0. The minimum atomic E-state index is -5.19. The maximum Gasteiger partial charge on any atom is 0.430 e. The third-order valence-corrected chi connectivity index (χ3v) is 1.60. The molecule has 1 unspecified atom stereocenters. The normalized spacial score (nSPS) is 11.7. The van der Waals surface area contributed by atoms with E-state index in [4.69, 9.17) is 15.6 Å². The summed E-state index contributed by atoms with van der Waals surface area (Å²) in [6.07, 6.45) is -5.22. The maximum absolute atomic E-state index is 11.0. The van der Waals surface area contributed by atoms with Gasteiger partial charge >= 0.3 is 12.1 Å². The minimum Gasteiger partial charge on any atom is -0.542 e. The molecular formula is C10H16F3N2O5-. The van der Waals surface area contributed by atoms with Gasteiger partial charge in [-0.1, -0.05) is 0 Å². The Morgan fingerprint density at radius 1 is 1.30 bits per heavy atom. The molecule has 0 aliphatic rings. The van der Waals surface area contributed by atoms with Gasteiger partial charge in [0.15, 0.2) is 0 Å². The fourth-order valence-electron chi connectivity index (χ4n) is 0.802. The lowest BCUT2D eigenvalue weighted by molar-refractivity contribution is -0.344. The van der Waals surface area contributed by atoms with Crippen molar-refractivity contribution in [3.63, 3.8) is 0 Å². The molecule has 118 valence electrons. The average molecular weight is 301 g/mol. The number of halogens is 3. The van der Waals surface area contributed by atoms with Crippen molar-refractivity contribution in [3.8, 4) is 0 Å². The lowest BCUT2D eigenvalue weighted by atomic mass is 10.2. The Morgan fingerprint density at radius 3 is 2.05 bits per heavy atom. The smallest absolute Gasteiger partial charge is 0.430 e. The number of amides is 1. The van der Waals surface area contributed by atoms with Crippen molar-refractivity contribution < 1.29 is 37.4 Å². The fourth-order valence-corrected chi connectivity index (χ4v) is 0.802. The number of esters is 1. The molecule has 10 heteroatoms. The number of carboxylic acid groups (broad SMARTS) is 1. The van der Waals surface area contributed by atoms with E-state index >= 15 is 0 Å². The van der Waals surface area contributed by atoms with E-state index in [2.05, 4.69) is 10.1 Å². The molecular weight excluding hydrogens is 285 g/mol. The van der Waals surface area contributed by atoms with Gasteiger partial charge in [0.25, 0.3) is 0 Å². The number of hydrogen-bond acceptors (Lipinski definition) is 6. The summed E-state index contributed by atoms with van der Waals surface area (Å²) in [5.74, 6) is -3.77. The number of rotatable bonds is 5. The number of carbonyl (C=O) groups is 3. The second-order valence-electron chi connectivity index (χ2n) is 3.30. The molecule has 0 radical (unpaired) electrons. The van der Waals surface area contributed by atoms with E-state index in [-0.39, 0.29) is 18.9 Å². The first kappa shape index (κ1) is 20.5. The number of carboxylic acids is 1. The first-order valence-corrected chi connectivity index (χ1v) is 5.53. The topological polar surface area (TPSA) is 122 Å². The van der Waals surface area contributed by atoms with Crippen molar-refractivity contribution in [2.75, 3.05) is 13.2 Å². The molecule has 20 heavy (non-hydrogen) atoms. The van der Waals surface area contributed by atoms with Crippen LogP contribution in [0.25, 0.3) is 0 Å². The standard InChI is InChI=1S/C8H16N2O3.C2HF3O2/c1-3-10-7(11)5-6(9)8(12)13-4-2;3-2(4,5)1(6)7/h6H,3-5,9H2,1-2H3,(H,10,11);(H,6,7)/p-1. The third-order valence-electron chi connectivity index (χ3n) is 1.60. The van der Waals surface area contributed by atoms with E-state index in [0.717, 1.165) is 0 Å². The van der Waals surface area contributed by atoms with Gasteiger partial charge in [-0.3, -0.25) is 9.59 Å². The van der Waals surface area contributed by atoms with E-state index in [1.54, 1.807) is 13.8 Å². The van der Waals surface area contributed by atoms with E-state index in [1.165, 1.54) is 0 Å². The van der Waals surface area contributed by atoms with Gasteiger partial charge < -0.3 is 25.7 Å². The van der Waals surface area contributed by atoms with Crippen molar-refractivity contribution in [2.45, 2.75) is 32.5 Å². The number of carbonyl (C=O) groups excluding carboxylic acids is 3. The van der Waals surface area contributed by atoms with Crippen LogP contribution >= 0.6 is 0 Å². The van der Waals surface area contributed by atoms with Gasteiger partial charge in [0.2, 0.25) is 5.91 Å². The summed E-state index contributed by atoms with van der Waals surface area (Å²) < 4.78 is 36.2. The van der Waals surface area contributed by atoms with Crippen molar-refractivity contribution >= 4 is 17.8 Å². The highest BCUT2D eigenvalue weighted by Gasteiger charge is 2.28. The second kappa shape index (κ2) is 10.0. The van der Waals surface area contributed by atoms with Gasteiger partial charge in [0, 0.05) is 6.54 Å². The van der Waals surface area contributed by atoms with Crippen LogP contribution in [0.15, 0.2) is 0 Å². The summed E-state index contributed by atoms with van der Waals surface area (Å²) >= 11 is 0. The highest BCUT2D eigenvalue weighted by Crippen LogP contribution is 2.11. The molecule has 0 heterocycles. The van der Waals surface area contributed by atoms with E-state index in [1.807, 2.05) is 0 Å². The van der Waals surface area contributed by atoms with Gasteiger partial charge in [-0.05, 0) is 13.8 Å². The molecule has 0 bridgehead atoms. The number of nitrogens with two attached hydrogens (primary N) is 1. The first-order chi connectivity index (χ1) is 9.06. The summed E-state index contributed by atoms with van der Waals surface area (Å²) in [6, 6.07) is -0.855. The molecule has 0 saturated heterocycles. The largest absolute Gasteiger partial charge is 0.542 e. The SMILES string of the molecule is CCNC(=O)CC(N)C(=O)OCC.O=C([O-])C(F)(F)F. The molecule has 0 aliphatic carbocycles. The molecule has 0 spiro atoms. The molecule has 1 amide bonds. The Labute approximate surface area is 113 Å². The number of aliphatic carboxylic acids is 1. The Bertz CT molecular complexity index is 333. The Kier molecular flexibility index (Phi) is 10.2. The van der Waals surface area contributed by atoms with Gasteiger partial charge in [-0.2, -0.15) is 13.2 Å². The van der Waals surface area contributed by atoms with Crippen molar-refractivity contribution in [1.82, 2.24) is 5.32 Å². The van der Waals surface area contributed by atoms with Crippen molar-refractivity contribution in [2.24, 2.45) is 5.73 Å².